The molecule has 7 heteroatoms. The van der Waals surface area contributed by atoms with Crippen LogP contribution in [0.25, 0.3) is 5.82 Å². The van der Waals surface area contributed by atoms with E-state index in [0.29, 0.717) is 18.9 Å². The van der Waals surface area contributed by atoms with Gasteiger partial charge in [-0.05, 0) is 35.4 Å². The smallest absolute Gasteiger partial charge is 0.153 e. The van der Waals surface area contributed by atoms with Crippen molar-refractivity contribution in [3.63, 3.8) is 0 Å². The Morgan fingerprint density at radius 1 is 1.27 bits per heavy atom. The molecule has 0 aliphatic rings. The van der Waals surface area contributed by atoms with E-state index in [1.807, 2.05) is 42.6 Å². The molecule has 26 heavy (non-hydrogen) atoms. The number of nitrogen functional groups attached to an aromatic ring is 1. The number of hydrogen-bond acceptors (Lipinski definition) is 6. The summed E-state index contributed by atoms with van der Waals surface area (Å²) in [6.07, 6.45) is 3.65. The summed E-state index contributed by atoms with van der Waals surface area (Å²) in [7, 11) is 0. The van der Waals surface area contributed by atoms with Gasteiger partial charge in [0.1, 0.15) is 0 Å². The van der Waals surface area contributed by atoms with Crippen molar-refractivity contribution in [3.05, 3.63) is 65.6 Å². The van der Waals surface area contributed by atoms with Gasteiger partial charge < -0.3 is 15.6 Å². The van der Waals surface area contributed by atoms with Gasteiger partial charge in [0.25, 0.3) is 0 Å². The largest absolute Gasteiger partial charge is 0.398 e. The van der Waals surface area contributed by atoms with Crippen molar-refractivity contribution in [2.75, 3.05) is 18.9 Å². The normalized spacial score (nSPS) is 12.3. The van der Waals surface area contributed by atoms with Crippen LogP contribution in [-0.4, -0.2) is 33.1 Å². The van der Waals surface area contributed by atoms with Crippen LogP contribution in [0.15, 0.2) is 53.7 Å². The van der Waals surface area contributed by atoms with Crippen molar-refractivity contribution >= 4 is 18.3 Å². The lowest BCUT2D eigenvalue weighted by Gasteiger charge is -2.11. The molecule has 0 aliphatic carbocycles. The van der Waals surface area contributed by atoms with Gasteiger partial charge in [0.15, 0.2) is 5.82 Å². The van der Waals surface area contributed by atoms with Gasteiger partial charge in [-0.25, -0.2) is 9.67 Å². The van der Waals surface area contributed by atoms with Crippen LogP contribution in [-0.2, 0) is 11.3 Å². The van der Waals surface area contributed by atoms with E-state index in [4.69, 9.17) is 15.6 Å². The van der Waals surface area contributed by atoms with E-state index in [-0.39, 0.29) is 12.5 Å². The molecule has 6 nitrogen and oxygen atoms in total. The second-order valence-electron chi connectivity index (χ2n) is 6.03. The summed E-state index contributed by atoms with van der Waals surface area (Å²) < 4.78 is 7.04. The quantitative estimate of drug-likeness (QED) is 0.338. The summed E-state index contributed by atoms with van der Waals surface area (Å²) in [5.74, 6) is 0.857. The van der Waals surface area contributed by atoms with Crippen molar-refractivity contribution in [1.82, 2.24) is 14.8 Å². The van der Waals surface area contributed by atoms with Crippen LogP contribution in [0.5, 0.6) is 0 Å². The van der Waals surface area contributed by atoms with Gasteiger partial charge >= 0.3 is 0 Å². The summed E-state index contributed by atoms with van der Waals surface area (Å²) in [5.41, 5.74) is 9.51. The molecule has 0 bridgehead atoms. The maximum Gasteiger partial charge on any atom is 0.153 e. The lowest BCUT2D eigenvalue weighted by molar-refractivity contribution is 0.0814. The minimum atomic E-state index is 0.0163. The Hall–Kier alpha value is -2.35. The highest BCUT2D eigenvalue weighted by atomic mass is 32.1. The average Bonchev–Trinajstić information content (AvgIpc) is 3.14. The van der Waals surface area contributed by atoms with Crippen LogP contribution in [0.2, 0.25) is 0 Å². The first-order chi connectivity index (χ1) is 12.6. The molecule has 1 unspecified atom stereocenters. The molecule has 2 heterocycles. The number of nitrogens with zero attached hydrogens (tertiary/aromatic N) is 3. The minimum absolute atomic E-state index is 0.0163. The number of aliphatic hydroxyl groups excluding tert-OH is 1. The molecule has 0 fully saturated rings. The molecule has 2 aromatic heterocycles. The average molecular weight is 370 g/mol. The third-order valence-corrected chi connectivity index (χ3v) is 4.54. The summed E-state index contributed by atoms with van der Waals surface area (Å²) in [4.78, 5) is 5.20. The van der Waals surface area contributed by atoms with E-state index in [1.54, 1.807) is 10.9 Å². The zero-order valence-corrected chi connectivity index (χ0v) is 15.4. The predicted octanol–water partition coefficient (Wildman–Crippen LogP) is 2.80. The molecule has 136 valence electrons. The van der Waals surface area contributed by atoms with Gasteiger partial charge in [-0.1, -0.05) is 19.1 Å². The third-order valence-electron chi connectivity index (χ3n) is 4.16. The molecule has 0 amide bonds. The summed E-state index contributed by atoms with van der Waals surface area (Å²) >= 11 is 4.39. The first kappa shape index (κ1) is 18.4. The number of thiol groups is 1. The minimum Gasteiger partial charge on any atom is -0.398 e. The molecule has 0 aliphatic heterocycles. The topological polar surface area (TPSA) is 86.2 Å². The van der Waals surface area contributed by atoms with Crippen molar-refractivity contribution in [3.8, 4) is 5.82 Å². The lowest BCUT2D eigenvalue weighted by atomic mass is 9.98. The van der Waals surface area contributed by atoms with Gasteiger partial charge in [0.2, 0.25) is 0 Å². The Labute approximate surface area is 158 Å². The fraction of sp³-hybridized carbons (Fsp3) is 0.263. The highest BCUT2D eigenvalue weighted by molar-refractivity contribution is 7.80. The first-order valence-corrected chi connectivity index (χ1v) is 8.81. The Balaban J connectivity index is 1.73. The Bertz CT molecular complexity index is 864. The van der Waals surface area contributed by atoms with Crippen LogP contribution >= 0.6 is 12.6 Å². The molecular weight excluding hydrogens is 348 g/mol. The van der Waals surface area contributed by atoms with Gasteiger partial charge in [-0.3, -0.25) is 0 Å². The second kappa shape index (κ2) is 8.35. The number of hydrogen-bond donors (Lipinski definition) is 3. The van der Waals surface area contributed by atoms with Crippen molar-refractivity contribution < 1.29 is 9.84 Å². The zero-order valence-electron chi connectivity index (χ0n) is 14.5. The summed E-state index contributed by atoms with van der Waals surface area (Å²) in [6, 6.07) is 11.7. The number of aliphatic hydroxyl groups is 1. The lowest BCUT2D eigenvalue weighted by Crippen LogP contribution is -2.03. The van der Waals surface area contributed by atoms with Crippen LogP contribution in [0.1, 0.15) is 29.7 Å². The summed E-state index contributed by atoms with van der Waals surface area (Å²) in [5, 5.41) is 13.4. The fourth-order valence-electron chi connectivity index (χ4n) is 2.59. The molecule has 0 saturated heterocycles. The van der Waals surface area contributed by atoms with Crippen LogP contribution in [0.4, 0.5) is 5.69 Å². The van der Waals surface area contributed by atoms with E-state index in [2.05, 4.69) is 29.6 Å². The van der Waals surface area contributed by atoms with Crippen LogP contribution in [0, 0.1) is 0 Å². The maximum atomic E-state index is 8.73. The molecule has 0 spiro atoms. The number of rotatable bonds is 7. The SMILES string of the molecule is CC(c1ccc(N)c(S)c1)c1ccn(-c2ccc(COCCO)cn2)n1. The van der Waals surface area contributed by atoms with Crippen LogP contribution < -0.4 is 5.73 Å². The van der Waals surface area contributed by atoms with E-state index >= 15 is 0 Å². The molecule has 0 radical (unpaired) electrons. The number of nitrogens with two attached hydrogens (primary N) is 1. The second-order valence-corrected chi connectivity index (χ2v) is 6.51. The molecular formula is C19H22N4O2S. The molecule has 3 rings (SSSR count). The zero-order chi connectivity index (χ0) is 18.5. The Morgan fingerprint density at radius 3 is 2.81 bits per heavy atom. The predicted molar refractivity (Wildman–Crippen MR) is 104 cm³/mol. The van der Waals surface area contributed by atoms with E-state index in [9.17, 15) is 0 Å². The van der Waals surface area contributed by atoms with E-state index in [0.717, 1.165) is 27.5 Å². The van der Waals surface area contributed by atoms with Gasteiger partial charge in [-0.15, -0.1) is 12.6 Å². The van der Waals surface area contributed by atoms with Crippen LogP contribution in [0.3, 0.4) is 0 Å². The first-order valence-electron chi connectivity index (χ1n) is 8.36. The molecule has 1 aromatic carbocycles. The van der Waals surface area contributed by atoms with E-state index < -0.39 is 0 Å². The molecule has 1 atom stereocenters. The number of anilines is 1. The van der Waals surface area contributed by atoms with E-state index in [1.165, 1.54) is 0 Å². The molecule has 3 aromatic rings. The third kappa shape index (κ3) is 4.24. The van der Waals surface area contributed by atoms with Gasteiger partial charge in [-0.2, -0.15) is 5.10 Å². The number of pyridine rings is 1. The molecule has 3 N–H and O–H groups in total. The van der Waals surface area contributed by atoms with Gasteiger partial charge in [0.05, 0.1) is 25.5 Å². The monoisotopic (exact) mass is 370 g/mol. The highest BCUT2D eigenvalue weighted by Gasteiger charge is 2.13. The van der Waals surface area contributed by atoms with Gasteiger partial charge in [0, 0.05) is 28.9 Å². The van der Waals surface area contributed by atoms with Crippen molar-refractivity contribution in [2.24, 2.45) is 0 Å². The summed E-state index contributed by atoms with van der Waals surface area (Å²) in [6.45, 7) is 2.86. The van der Waals surface area contributed by atoms with Crippen molar-refractivity contribution in [1.29, 1.82) is 0 Å². The Morgan fingerprint density at radius 2 is 2.12 bits per heavy atom. The fourth-order valence-corrected chi connectivity index (χ4v) is 2.81. The number of benzene rings is 1. The number of ether oxygens (including phenoxy) is 1. The Kier molecular flexibility index (Phi) is 5.92. The highest BCUT2D eigenvalue weighted by Crippen LogP contribution is 2.27. The maximum absolute atomic E-state index is 8.73. The number of aromatic nitrogens is 3. The molecule has 0 saturated carbocycles. The van der Waals surface area contributed by atoms with Crippen molar-refractivity contribution in [2.45, 2.75) is 24.3 Å². The standard InChI is InChI=1S/C19H22N4O2S/c1-13(15-3-4-16(20)18(26)10-15)17-6-7-23(22-17)19-5-2-14(11-21-19)12-25-9-8-24/h2-7,10-11,13,24,26H,8-9,12,20H2,1H3.